The van der Waals surface area contributed by atoms with E-state index >= 15 is 0 Å². The molecule has 0 saturated carbocycles. The van der Waals surface area contributed by atoms with Gasteiger partial charge in [0.05, 0.1) is 35.4 Å². The number of nitrogens with zero attached hydrogens (tertiary/aromatic N) is 2. The van der Waals surface area contributed by atoms with Gasteiger partial charge in [-0.3, -0.25) is 9.52 Å². The second-order valence-corrected chi connectivity index (χ2v) is 14.5. The summed E-state index contributed by atoms with van der Waals surface area (Å²) in [7, 11) is -6.23. The van der Waals surface area contributed by atoms with Crippen molar-refractivity contribution in [2.75, 3.05) is 31.5 Å². The summed E-state index contributed by atoms with van der Waals surface area (Å²) in [6.45, 7) is 5.43. The highest BCUT2D eigenvalue weighted by atomic mass is 32.2. The Morgan fingerprint density at radius 1 is 1.02 bits per heavy atom. The van der Waals surface area contributed by atoms with Gasteiger partial charge >= 0.3 is 0 Å². The first-order valence-electron chi connectivity index (χ1n) is 13.6. The molecule has 1 heterocycles. The van der Waals surface area contributed by atoms with Crippen molar-refractivity contribution in [3.8, 4) is 5.75 Å². The number of anilines is 1. The van der Waals surface area contributed by atoms with E-state index in [4.69, 9.17) is 4.74 Å². The smallest absolute Gasteiger partial charge is 0.261 e. The van der Waals surface area contributed by atoms with Crippen LogP contribution in [0.2, 0.25) is 0 Å². The third-order valence-corrected chi connectivity index (χ3v) is 10.6. The lowest BCUT2D eigenvalue weighted by atomic mass is 10.0. The van der Waals surface area contributed by atoms with Gasteiger partial charge in [0, 0.05) is 30.8 Å². The van der Waals surface area contributed by atoms with Crippen LogP contribution in [-0.4, -0.2) is 75.9 Å². The van der Waals surface area contributed by atoms with E-state index < -0.39 is 32.2 Å². The van der Waals surface area contributed by atoms with Gasteiger partial charge in [0.15, 0.2) is 0 Å². The van der Waals surface area contributed by atoms with Crippen LogP contribution < -0.4 is 9.46 Å². The number of carbonyl (C=O) groups excluding carboxylic acids is 1. The Kier molecular flexibility index (Phi) is 9.61. The van der Waals surface area contributed by atoms with Crippen LogP contribution in [0.15, 0.2) is 82.6 Å². The number of aliphatic hydroxyl groups is 1. The van der Waals surface area contributed by atoms with E-state index in [2.05, 4.69) is 4.72 Å². The Balaban J connectivity index is 1.68. The molecule has 42 heavy (non-hydrogen) atoms. The fourth-order valence-corrected chi connectivity index (χ4v) is 7.02. The molecule has 4 rings (SSSR count). The van der Waals surface area contributed by atoms with Gasteiger partial charge in [-0.15, -0.1) is 0 Å². The monoisotopic (exact) mass is 615 g/mol. The molecule has 1 amide bonds. The number of ether oxygens (including phenoxy) is 1. The summed E-state index contributed by atoms with van der Waals surface area (Å²) in [6, 6.07) is 18.7. The number of benzene rings is 3. The third kappa shape index (κ3) is 7.12. The van der Waals surface area contributed by atoms with Crippen LogP contribution in [0, 0.1) is 12.8 Å². The molecule has 3 aromatic carbocycles. The number of hydrogen-bond donors (Lipinski definition) is 2. The van der Waals surface area contributed by atoms with Crippen molar-refractivity contribution in [3.63, 3.8) is 0 Å². The zero-order chi connectivity index (χ0) is 30.7. The highest BCUT2D eigenvalue weighted by Gasteiger charge is 2.33. The molecule has 0 aromatic heterocycles. The fourth-order valence-electron chi connectivity index (χ4n) is 4.77. The largest absolute Gasteiger partial charge is 0.488 e. The first kappa shape index (κ1) is 31.5. The summed E-state index contributed by atoms with van der Waals surface area (Å²) in [5.74, 6) is -0.234. The lowest BCUT2D eigenvalue weighted by Crippen LogP contribution is -2.48. The first-order valence-corrected chi connectivity index (χ1v) is 16.5. The molecule has 1 aliphatic heterocycles. The molecule has 1 aliphatic rings. The fraction of sp³-hybridized carbons (Fsp3) is 0.367. The highest BCUT2D eigenvalue weighted by molar-refractivity contribution is 7.92. The van der Waals surface area contributed by atoms with E-state index in [9.17, 15) is 26.7 Å². The molecule has 0 spiro atoms. The molecule has 0 saturated heterocycles. The number of amides is 1. The lowest BCUT2D eigenvalue weighted by molar-refractivity contribution is -0.134. The lowest BCUT2D eigenvalue weighted by Gasteiger charge is -2.33. The third-order valence-electron chi connectivity index (χ3n) is 7.39. The summed E-state index contributed by atoms with van der Waals surface area (Å²) >= 11 is 0. The van der Waals surface area contributed by atoms with Crippen LogP contribution in [0.4, 0.5) is 5.69 Å². The number of likely N-dealkylation sites (N-methyl/N-ethyl adjacent to an activating group) is 1. The summed E-state index contributed by atoms with van der Waals surface area (Å²) in [5, 5.41) is 9.87. The van der Waals surface area contributed by atoms with E-state index in [1.54, 1.807) is 60.4 Å². The minimum Gasteiger partial charge on any atom is -0.488 e. The zero-order valence-corrected chi connectivity index (χ0v) is 25.7. The molecule has 226 valence electrons. The van der Waals surface area contributed by atoms with Crippen molar-refractivity contribution in [2.45, 2.75) is 49.1 Å². The van der Waals surface area contributed by atoms with Crippen LogP contribution in [-0.2, 0) is 31.3 Å². The molecule has 0 radical (unpaired) electrons. The van der Waals surface area contributed by atoms with Crippen molar-refractivity contribution in [3.05, 3.63) is 83.9 Å². The molecule has 12 heteroatoms. The predicted molar refractivity (Wildman–Crippen MR) is 160 cm³/mol. The number of aryl methyl sites for hydroxylation is 1. The Morgan fingerprint density at radius 2 is 1.69 bits per heavy atom. The molecule has 3 aromatic rings. The maximum Gasteiger partial charge on any atom is 0.261 e. The minimum absolute atomic E-state index is 0.00479. The van der Waals surface area contributed by atoms with Gasteiger partial charge in [0.2, 0.25) is 15.9 Å². The van der Waals surface area contributed by atoms with Crippen molar-refractivity contribution < 1.29 is 31.5 Å². The first-order chi connectivity index (χ1) is 19.8. The van der Waals surface area contributed by atoms with E-state index in [0.29, 0.717) is 11.3 Å². The van der Waals surface area contributed by atoms with Crippen LogP contribution in [0.25, 0.3) is 0 Å². The molecule has 2 N–H and O–H groups in total. The molecule has 0 aliphatic carbocycles. The molecule has 0 fully saturated rings. The maximum atomic E-state index is 13.5. The van der Waals surface area contributed by atoms with Gasteiger partial charge in [-0.2, -0.15) is 4.31 Å². The number of rotatable bonds is 9. The van der Waals surface area contributed by atoms with Gasteiger partial charge < -0.3 is 14.7 Å². The van der Waals surface area contributed by atoms with Gasteiger partial charge in [0.1, 0.15) is 11.9 Å². The van der Waals surface area contributed by atoms with Crippen LogP contribution >= 0.6 is 0 Å². The second-order valence-electron chi connectivity index (χ2n) is 10.7. The topological polar surface area (TPSA) is 133 Å². The molecule has 0 unspecified atom stereocenters. The summed E-state index contributed by atoms with van der Waals surface area (Å²) < 4.78 is 62.8. The number of nitrogens with one attached hydrogen (secondary N) is 1. The second kappa shape index (κ2) is 12.8. The molecule has 0 bridgehead atoms. The Morgan fingerprint density at radius 3 is 2.33 bits per heavy atom. The van der Waals surface area contributed by atoms with Gasteiger partial charge in [-0.25, -0.2) is 16.8 Å². The van der Waals surface area contributed by atoms with Crippen LogP contribution in [0.5, 0.6) is 5.75 Å². The van der Waals surface area contributed by atoms with E-state index in [1.165, 1.54) is 35.6 Å². The van der Waals surface area contributed by atoms with Crippen molar-refractivity contribution in [1.82, 2.24) is 9.21 Å². The number of hydrogen-bond acceptors (Lipinski definition) is 7. The normalized spacial score (nSPS) is 18.8. The highest BCUT2D eigenvalue weighted by Crippen LogP contribution is 2.30. The van der Waals surface area contributed by atoms with Crippen molar-refractivity contribution in [2.24, 2.45) is 5.92 Å². The van der Waals surface area contributed by atoms with Gasteiger partial charge in [-0.1, -0.05) is 42.8 Å². The average molecular weight is 616 g/mol. The molecular weight excluding hydrogens is 578 g/mol. The van der Waals surface area contributed by atoms with Crippen LogP contribution in [0.1, 0.15) is 25.0 Å². The Hall–Kier alpha value is -3.45. The number of aliphatic hydroxyl groups excluding tert-OH is 1. The number of fused-ring (bicyclic) bond motifs is 1. The number of sulfonamides is 2. The average Bonchev–Trinajstić information content (AvgIpc) is 3.00. The standard InChI is InChI=1S/C30H37N3O7S2/c1-21-10-13-26(14-11-21)41(36,37)31-25-12-15-28-24(16-25)17-30(35)33(23(3)20-34)18-22(2)29(40-28)19-32(4)42(38,39)27-8-6-5-7-9-27/h5-16,22-23,29,31,34H,17-20H2,1-4H3/t22-,23+,29+/m1/s1. The maximum absolute atomic E-state index is 13.5. The summed E-state index contributed by atoms with van der Waals surface area (Å²) in [6.07, 6.45) is -0.765. The molecular formula is C30H37N3O7S2. The quantitative estimate of drug-likeness (QED) is 0.378. The van der Waals surface area contributed by atoms with Crippen molar-refractivity contribution >= 4 is 31.6 Å². The van der Waals surface area contributed by atoms with Gasteiger partial charge in [0.25, 0.3) is 10.0 Å². The molecule has 3 atom stereocenters. The number of carbonyl (C=O) groups is 1. The molecule has 10 nitrogen and oxygen atoms in total. The van der Waals surface area contributed by atoms with Crippen LogP contribution in [0.3, 0.4) is 0 Å². The van der Waals surface area contributed by atoms with Crippen molar-refractivity contribution in [1.29, 1.82) is 0 Å². The predicted octanol–water partition coefficient (Wildman–Crippen LogP) is 3.27. The SMILES string of the molecule is Cc1ccc(S(=O)(=O)Nc2ccc3c(c2)CC(=O)N([C@@H](C)CO)C[C@@H](C)[C@H](CN(C)S(=O)(=O)c2ccccc2)O3)cc1. The summed E-state index contributed by atoms with van der Waals surface area (Å²) in [4.78, 5) is 15.3. The zero-order valence-electron chi connectivity index (χ0n) is 24.1. The van der Waals surface area contributed by atoms with E-state index in [1.807, 2.05) is 13.8 Å². The van der Waals surface area contributed by atoms with Gasteiger partial charge in [-0.05, 0) is 56.3 Å². The Bertz CT molecular complexity index is 1610. The minimum atomic E-state index is -3.89. The van der Waals surface area contributed by atoms with E-state index in [-0.39, 0.29) is 53.4 Å². The summed E-state index contributed by atoms with van der Waals surface area (Å²) in [5.41, 5.74) is 1.61. The Labute approximate surface area is 248 Å². The van der Waals surface area contributed by atoms with E-state index in [0.717, 1.165) is 5.56 Å².